The molecule has 0 aliphatic carbocycles. The van der Waals surface area contributed by atoms with Crippen molar-refractivity contribution < 1.29 is 0 Å². The van der Waals surface area contributed by atoms with Crippen molar-refractivity contribution in [2.75, 3.05) is 5.32 Å². The van der Waals surface area contributed by atoms with Crippen LogP contribution in [0.5, 0.6) is 0 Å². The van der Waals surface area contributed by atoms with Gasteiger partial charge in [0.15, 0.2) is 0 Å². The molecule has 1 aromatic carbocycles. The molecule has 0 saturated carbocycles. The second kappa shape index (κ2) is 2.81. The topological polar surface area (TPSA) is 12.0 Å². The van der Waals surface area contributed by atoms with Crippen LogP contribution in [0.25, 0.3) is 0 Å². The van der Waals surface area contributed by atoms with Crippen LogP contribution in [0.2, 0.25) is 0 Å². The average molecular weight is 161 g/mol. The third-order valence-electron chi connectivity index (χ3n) is 2.84. The van der Waals surface area contributed by atoms with Crippen LogP contribution >= 0.6 is 0 Å². The summed E-state index contributed by atoms with van der Waals surface area (Å²) >= 11 is 0. The molecule has 2 rings (SSSR count). The second-order valence-electron chi connectivity index (χ2n) is 3.54. The summed E-state index contributed by atoms with van der Waals surface area (Å²) in [5.74, 6) is 0.672. The molecule has 1 heteroatoms. The summed E-state index contributed by atoms with van der Waals surface area (Å²) in [6.45, 7) is 4.53. The molecule has 1 aliphatic rings. The molecule has 0 bridgehead atoms. The third kappa shape index (κ3) is 1.01. The normalized spacial score (nSPS) is 26.5. The summed E-state index contributed by atoms with van der Waals surface area (Å²) in [7, 11) is 0. The summed E-state index contributed by atoms with van der Waals surface area (Å²) in [6, 6.07) is 9.25. The fourth-order valence-corrected chi connectivity index (χ4v) is 2.02. The minimum atomic E-state index is 0.641. The van der Waals surface area contributed by atoms with Crippen molar-refractivity contribution in [3.63, 3.8) is 0 Å². The molecule has 1 nitrogen and oxygen atoms in total. The van der Waals surface area contributed by atoms with Crippen molar-refractivity contribution in [1.29, 1.82) is 0 Å². The van der Waals surface area contributed by atoms with Crippen LogP contribution in [0.4, 0.5) is 5.69 Å². The largest absolute Gasteiger partial charge is 0.381 e. The van der Waals surface area contributed by atoms with E-state index in [9.17, 15) is 0 Å². The lowest BCUT2D eigenvalue weighted by atomic mass is 9.96. The smallest absolute Gasteiger partial charge is 0.0378 e. The van der Waals surface area contributed by atoms with E-state index in [0.717, 1.165) is 0 Å². The van der Waals surface area contributed by atoms with Gasteiger partial charge in [0.25, 0.3) is 0 Å². The summed E-state index contributed by atoms with van der Waals surface area (Å²) in [4.78, 5) is 0. The zero-order valence-electron chi connectivity index (χ0n) is 7.67. The Hall–Kier alpha value is -0.980. The highest BCUT2D eigenvalue weighted by Crippen LogP contribution is 2.36. The van der Waals surface area contributed by atoms with Crippen molar-refractivity contribution in [2.24, 2.45) is 0 Å². The van der Waals surface area contributed by atoms with E-state index in [0.29, 0.717) is 12.0 Å². The highest BCUT2D eigenvalue weighted by atomic mass is 15.0. The van der Waals surface area contributed by atoms with Gasteiger partial charge < -0.3 is 5.32 Å². The fraction of sp³-hybridized carbons (Fsp3) is 0.455. The van der Waals surface area contributed by atoms with Crippen LogP contribution in [-0.4, -0.2) is 6.04 Å². The van der Waals surface area contributed by atoms with Crippen molar-refractivity contribution in [3.05, 3.63) is 29.8 Å². The lowest BCUT2D eigenvalue weighted by molar-refractivity contribution is 0.618. The lowest BCUT2D eigenvalue weighted by Gasteiger charge is -2.12. The molecule has 64 valence electrons. The molecular weight excluding hydrogens is 146 g/mol. The van der Waals surface area contributed by atoms with Crippen LogP contribution < -0.4 is 5.32 Å². The quantitative estimate of drug-likeness (QED) is 0.667. The Morgan fingerprint density at radius 1 is 1.33 bits per heavy atom. The number of benzene rings is 1. The predicted molar refractivity (Wildman–Crippen MR) is 52.6 cm³/mol. The molecule has 0 radical (unpaired) electrons. The van der Waals surface area contributed by atoms with E-state index in [1.165, 1.54) is 17.7 Å². The van der Waals surface area contributed by atoms with E-state index >= 15 is 0 Å². The first-order chi connectivity index (χ1) is 5.83. The van der Waals surface area contributed by atoms with Crippen molar-refractivity contribution in [2.45, 2.75) is 32.2 Å². The van der Waals surface area contributed by atoms with Crippen LogP contribution in [0.1, 0.15) is 31.7 Å². The summed E-state index contributed by atoms with van der Waals surface area (Å²) in [6.07, 6.45) is 1.20. The van der Waals surface area contributed by atoms with E-state index in [-0.39, 0.29) is 0 Å². The van der Waals surface area contributed by atoms with Gasteiger partial charge in [0.05, 0.1) is 0 Å². The summed E-state index contributed by atoms with van der Waals surface area (Å²) in [5.41, 5.74) is 2.81. The van der Waals surface area contributed by atoms with Crippen molar-refractivity contribution in [3.8, 4) is 0 Å². The molecule has 1 aromatic rings. The minimum Gasteiger partial charge on any atom is -0.381 e. The Labute approximate surface area is 73.8 Å². The van der Waals surface area contributed by atoms with Gasteiger partial charge in [-0.3, -0.25) is 0 Å². The van der Waals surface area contributed by atoms with Gasteiger partial charge in [0, 0.05) is 17.6 Å². The zero-order chi connectivity index (χ0) is 8.55. The maximum Gasteiger partial charge on any atom is 0.0378 e. The number of hydrogen-bond donors (Lipinski definition) is 1. The summed E-state index contributed by atoms with van der Waals surface area (Å²) < 4.78 is 0. The molecular formula is C11H15N. The highest BCUT2D eigenvalue weighted by Gasteiger charge is 2.25. The third-order valence-corrected chi connectivity index (χ3v) is 2.84. The zero-order valence-corrected chi connectivity index (χ0v) is 7.67. The first-order valence-electron chi connectivity index (χ1n) is 4.68. The molecule has 12 heavy (non-hydrogen) atoms. The van der Waals surface area contributed by atoms with E-state index in [1.54, 1.807) is 0 Å². The van der Waals surface area contributed by atoms with Gasteiger partial charge in [-0.15, -0.1) is 0 Å². The number of para-hydroxylation sites is 1. The molecule has 0 amide bonds. The van der Waals surface area contributed by atoms with Gasteiger partial charge in [0.1, 0.15) is 0 Å². The van der Waals surface area contributed by atoms with Gasteiger partial charge in [-0.1, -0.05) is 32.0 Å². The van der Waals surface area contributed by atoms with E-state index in [1.807, 2.05) is 0 Å². The monoisotopic (exact) mass is 161 g/mol. The highest BCUT2D eigenvalue weighted by molar-refractivity contribution is 5.58. The Morgan fingerprint density at radius 2 is 2.08 bits per heavy atom. The molecule has 1 N–H and O–H groups in total. The standard InChI is InChI=1S/C11H15N/c1-3-10-8(2)9-6-4-5-7-11(9)12-10/h4-8,10,12H,3H2,1-2H3/t8-,10-/m0/s1. The number of rotatable bonds is 1. The Balaban J connectivity index is 2.35. The van der Waals surface area contributed by atoms with Gasteiger partial charge in [0.2, 0.25) is 0 Å². The number of anilines is 1. The molecule has 2 atom stereocenters. The van der Waals surface area contributed by atoms with Gasteiger partial charge >= 0.3 is 0 Å². The minimum absolute atomic E-state index is 0.641. The Bertz CT molecular complexity index is 280. The van der Waals surface area contributed by atoms with E-state index in [2.05, 4.69) is 43.4 Å². The molecule has 0 fully saturated rings. The van der Waals surface area contributed by atoms with Gasteiger partial charge in [-0.25, -0.2) is 0 Å². The number of fused-ring (bicyclic) bond motifs is 1. The molecule has 0 unspecified atom stereocenters. The van der Waals surface area contributed by atoms with Crippen molar-refractivity contribution in [1.82, 2.24) is 0 Å². The number of nitrogens with one attached hydrogen (secondary N) is 1. The molecule has 0 saturated heterocycles. The first-order valence-corrected chi connectivity index (χ1v) is 4.68. The predicted octanol–water partition coefficient (Wildman–Crippen LogP) is 2.99. The van der Waals surface area contributed by atoms with E-state index < -0.39 is 0 Å². The lowest BCUT2D eigenvalue weighted by Crippen LogP contribution is -2.16. The SMILES string of the molecule is CC[C@@H]1Nc2ccccc2[C@@H]1C. The summed E-state index contributed by atoms with van der Waals surface area (Å²) in [5, 5.41) is 3.53. The molecule has 1 heterocycles. The van der Waals surface area contributed by atoms with Crippen molar-refractivity contribution >= 4 is 5.69 Å². The molecule has 0 spiro atoms. The van der Waals surface area contributed by atoms with Crippen LogP contribution in [0.15, 0.2) is 24.3 Å². The molecule has 1 aliphatic heterocycles. The van der Waals surface area contributed by atoms with Gasteiger partial charge in [-0.2, -0.15) is 0 Å². The Kier molecular flexibility index (Phi) is 1.80. The molecule has 0 aromatic heterocycles. The Morgan fingerprint density at radius 3 is 2.75 bits per heavy atom. The first kappa shape index (κ1) is 7.66. The fourth-order valence-electron chi connectivity index (χ4n) is 2.02. The van der Waals surface area contributed by atoms with Crippen LogP contribution in [0.3, 0.4) is 0 Å². The van der Waals surface area contributed by atoms with E-state index in [4.69, 9.17) is 0 Å². The average Bonchev–Trinajstić information content (AvgIpc) is 2.44. The second-order valence-corrected chi connectivity index (χ2v) is 3.54. The maximum atomic E-state index is 3.53. The van der Waals surface area contributed by atoms with Crippen LogP contribution in [0, 0.1) is 0 Å². The van der Waals surface area contributed by atoms with Crippen LogP contribution in [-0.2, 0) is 0 Å². The number of hydrogen-bond acceptors (Lipinski definition) is 1. The van der Waals surface area contributed by atoms with Gasteiger partial charge in [-0.05, 0) is 18.1 Å². The maximum absolute atomic E-state index is 3.53.